The van der Waals surface area contributed by atoms with Crippen LogP contribution in [0.2, 0.25) is 0 Å². The van der Waals surface area contributed by atoms with Gasteiger partial charge in [-0.05, 0) is 31.2 Å². The Bertz CT molecular complexity index is 1020. The van der Waals surface area contributed by atoms with Crippen LogP contribution in [0.15, 0.2) is 54.7 Å². The predicted octanol–water partition coefficient (Wildman–Crippen LogP) is 4.25. The highest BCUT2D eigenvalue weighted by molar-refractivity contribution is 7.16. The first-order valence-electron chi connectivity index (χ1n) is 7.48. The molecule has 24 heavy (non-hydrogen) atoms. The second-order valence-corrected chi connectivity index (χ2v) is 6.65. The number of fused-ring (bicyclic) bond motifs is 1. The van der Waals surface area contributed by atoms with Gasteiger partial charge in [-0.3, -0.25) is 9.89 Å². The number of nitrogens with one attached hydrogen (secondary N) is 2. The van der Waals surface area contributed by atoms with Crippen LogP contribution in [-0.4, -0.2) is 21.1 Å². The molecule has 0 radical (unpaired) electrons. The number of carbonyl (C=O) groups excluding carboxylic acids is 1. The quantitative estimate of drug-likeness (QED) is 0.588. The molecule has 1 amide bonds. The van der Waals surface area contributed by atoms with Crippen LogP contribution in [0.25, 0.3) is 21.5 Å². The number of H-pyrrole nitrogens is 1. The van der Waals surface area contributed by atoms with Gasteiger partial charge in [0.05, 0.1) is 21.8 Å². The fourth-order valence-electron chi connectivity index (χ4n) is 2.51. The first-order chi connectivity index (χ1) is 11.7. The van der Waals surface area contributed by atoms with Crippen LogP contribution < -0.4 is 5.32 Å². The molecule has 0 fully saturated rings. The van der Waals surface area contributed by atoms with Crippen LogP contribution in [0.4, 0.5) is 5.69 Å². The summed E-state index contributed by atoms with van der Waals surface area (Å²) < 4.78 is 0. The van der Waals surface area contributed by atoms with Crippen molar-refractivity contribution >= 4 is 33.8 Å². The number of anilines is 1. The molecule has 5 nitrogen and oxygen atoms in total. The molecule has 0 aliphatic heterocycles. The predicted molar refractivity (Wildman–Crippen MR) is 96.3 cm³/mol. The van der Waals surface area contributed by atoms with Gasteiger partial charge in [0.1, 0.15) is 5.69 Å². The molecule has 0 unspecified atom stereocenters. The van der Waals surface area contributed by atoms with E-state index in [-0.39, 0.29) is 5.91 Å². The van der Waals surface area contributed by atoms with Crippen molar-refractivity contribution in [3.8, 4) is 10.6 Å². The van der Waals surface area contributed by atoms with Crippen molar-refractivity contribution < 1.29 is 4.79 Å². The Kier molecular flexibility index (Phi) is 3.59. The average molecular weight is 334 g/mol. The molecule has 6 heteroatoms. The molecular weight excluding hydrogens is 320 g/mol. The van der Waals surface area contributed by atoms with E-state index in [0.717, 1.165) is 32.0 Å². The number of pyridine rings is 1. The lowest BCUT2D eigenvalue weighted by atomic mass is 10.2. The van der Waals surface area contributed by atoms with E-state index in [9.17, 15) is 4.79 Å². The van der Waals surface area contributed by atoms with Gasteiger partial charge < -0.3 is 5.32 Å². The number of carbonyl (C=O) groups is 1. The van der Waals surface area contributed by atoms with Crippen molar-refractivity contribution in [2.75, 3.05) is 5.32 Å². The molecule has 0 bridgehead atoms. The van der Waals surface area contributed by atoms with E-state index in [1.165, 1.54) is 0 Å². The normalized spacial score (nSPS) is 10.9. The molecule has 0 spiro atoms. The number of hydrogen-bond donors (Lipinski definition) is 2. The summed E-state index contributed by atoms with van der Waals surface area (Å²) in [6.07, 6.45) is 1.71. The molecule has 0 aliphatic rings. The van der Waals surface area contributed by atoms with E-state index in [4.69, 9.17) is 0 Å². The summed E-state index contributed by atoms with van der Waals surface area (Å²) in [7, 11) is 0. The number of thiophene rings is 1. The summed E-state index contributed by atoms with van der Waals surface area (Å²) in [5, 5.41) is 10.9. The Hall–Kier alpha value is -2.99. The molecule has 0 aliphatic carbocycles. The molecule has 3 aromatic heterocycles. The van der Waals surface area contributed by atoms with Gasteiger partial charge in [-0.25, -0.2) is 4.98 Å². The highest BCUT2D eigenvalue weighted by Gasteiger charge is 2.13. The van der Waals surface area contributed by atoms with Crippen LogP contribution in [0.1, 0.15) is 15.4 Å². The number of aromatic amines is 1. The molecule has 0 saturated carbocycles. The average Bonchev–Trinajstić information content (AvgIpc) is 3.25. The number of nitrogens with zero attached hydrogens (tertiary/aromatic N) is 2. The number of hydrogen-bond acceptors (Lipinski definition) is 4. The summed E-state index contributed by atoms with van der Waals surface area (Å²) in [6, 6.07) is 15.3. The van der Waals surface area contributed by atoms with Crippen molar-refractivity contribution in [3.63, 3.8) is 0 Å². The smallest absolute Gasteiger partial charge is 0.274 e. The van der Waals surface area contributed by atoms with Crippen molar-refractivity contribution in [2.24, 2.45) is 0 Å². The highest BCUT2D eigenvalue weighted by atomic mass is 32.1. The van der Waals surface area contributed by atoms with Crippen LogP contribution in [-0.2, 0) is 0 Å². The fourth-order valence-corrected chi connectivity index (χ4v) is 3.46. The van der Waals surface area contributed by atoms with Crippen LogP contribution in [0, 0.1) is 6.92 Å². The fraction of sp³-hybridized carbons (Fsp3) is 0.0556. The topological polar surface area (TPSA) is 70.7 Å². The molecule has 0 atom stereocenters. The Morgan fingerprint density at radius 2 is 2.04 bits per heavy atom. The van der Waals surface area contributed by atoms with Gasteiger partial charge in [0.25, 0.3) is 5.91 Å². The summed E-state index contributed by atoms with van der Waals surface area (Å²) in [5.41, 5.74) is 2.95. The number of rotatable bonds is 3. The number of para-hydroxylation sites is 1. The monoisotopic (exact) mass is 334 g/mol. The van der Waals surface area contributed by atoms with E-state index < -0.39 is 0 Å². The third-order valence-corrected chi connectivity index (χ3v) is 4.85. The zero-order valence-electron chi connectivity index (χ0n) is 12.9. The lowest BCUT2D eigenvalue weighted by Gasteiger charge is -2.05. The molecule has 0 saturated heterocycles. The summed E-state index contributed by atoms with van der Waals surface area (Å²) in [6.45, 7) is 1.98. The number of aryl methyl sites for hydroxylation is 1. The van der Waals surface area contributed by atoms with E-state index in [1.54, 1.807) is 23.6 Å². The molecular formula is C18H14N4OS. The minimum atomic E-state index is -0.210. The van der Waals surface area contributed by atoms with Crippen LogP contribution in [0.3, 0.4) is 0 Å². The molecule has 1 aromatic carbocycles. The van der Waals surface area contributed by atoms with E-state index in [0.29, 0.717) is 5.69 Å². The molecule has 3 heterocycles. The molecule has 118 valence electrons. The van der Waals surface area contributed by atoms with Gasteiger partial charge in [-0.2, -0.15) is 5.10 Å². The summed E-state index contributed by atoms with van der Waals surface area (Å²) >= 11 is 1.61. The van der Waals surface area contributed by atoms with Gasteiger partial charge in [-0.1, -0.05) is 24.3 Å². The van der Waals surface area contributed by atoms with Gasteiger partial charge >= 0.3 is 0 Å². The Morgan fingerprint density at radius 3 is 2.88 bits per heavy atom. The third-order valence-electron chi connectivity index (χ3n) is 3.76. The highest BCUT2D eigenvalue weighted by Crippen LogP contribution is 2.33. The molecule has 2 N–H and O–H groups in total. The minimum Gasteiger partial charge on any atom is -0.320 e. The first-order valence-corrected chi connectivity index (χ1v) is 8.30. The largest absolute Gasteiger partial charge is 0.320 e. The standard InChI is InChI=1S/C18H14N4OS/c1-11-16(10-17(24-11)14-8-9-19-22-14)21-18(23)15-7-6-12-4-2-3-5-13(12)20-15/h2-10H,1H3,(H,19,22)(H,21,23). The van der Waals surface area contributed by atoms with E-state index >= 15 is 0 Å². The molecule has 4 aromatic rings. The van der Waals surface area contributed by atoms with Gasteiger partial charge in [0.2, 0.25) is 0 Å². The summed E-state index contributed by atoms with van der Waals surface area (Å²) in [4.78, 5) is 19.0. The van der Waals surface area contributed by atoms with Crippen LogP contribution >= 0.6 is 11.3 Å². The minimum absolute atomic E-state index is 0.210. The molecule has 4 rings (SSSR count). The lowest BCUT2D eigenvalue weighted by Crippen LogP contribution is -2.13. The van der Waals surface area contributed by atoms with Gasteiger partial charge in [0.15, 0.2) is 0 Å². The summed E-state index contributed by atoms with van der Waals surface area (Å²) in [5.74, 6) is -0.210. The maximum Gasteiger partial charge on any atom is 0.274 e. The zero-order chi connectivity index (χ0) is 16.5. The SMILES string of the molecule is Cc1sc(-c2ccn[nH]2)cc1NC(=O)c1ccc2ccccc2n1. The van der Waals surface area contributed by atoms with Crippen molar-refractivity contribution in [3.05, 3.63) is 65.3 Å². The maximum absolute atomic E-state index is 12.5. The second kappa shape index (κ2) is 5.90. The van der Waals surface area contributed by atoms with Crippen molar-refractivity contribution in [2.45, 2.75) is 6.92 Å². The van der Waals surface area contributed by atoms with Gasteiger partial charge in [0, 0.05) is 16.5 Å². The lowest BCUT2D eigenvalue weighted by molar-refractivity contribution is 0.102. The number of benzene rings is 1. The van der Waals surface area contributed by atoms with E-state index in [2.05, 4.69) is 20.5 Å². The Morgan fingerprint density at radius 1 is 1.17 bits per heavy atom. The third kappa shape index (κ3) is 2.68. The Labute approximate surface area is 142 Å². The second-order valence-electron chi connectivity index (χ2n) is 5.39. The Balaban J connectivity index is 1.61. The van der Waals surface area contributed by atoms with Crippen molar-refractivity contribution in [1.82, 2.24) is 15.2 Å². The maximum atomic E-state index is 12.5. The zero-order valence-corrected chi connectivity index (χ0v) is 13.7. The van der Waals surface area contributed by atoms with Crippen LogP contribution in [0.5, 0.6) is 0 Å². The number of aromatic nitrogens is 3. The van der Waals surface area contributed by atoms with E-state index in [1.807, 2.05) is 49.4 Å². The van der Waals surface area contributed by atoms with Gasteiger partial charge in [-0.15, -0.1) is 11.3 Å². The first kappa shape index (κ1) is 14.6. The van der Waals surface area contributed by atoms with Crippen molar-refractivity contribution in [1.29, 1.82) is 0 Å². The number of amides is 1.